The van der Waals surface area contributed by atoms with Crippen LogP contribution in [-0.2, 0) is 4.74 Å². The maximum atomic E-state index is 7.72. The van der Waals surface area contributed by atoms with Crippen LogP contribution >= 0.6 is 0 Å². The first kappa shape index (κ1) is 11.1. The third-order valence-electron chi connectivity index (χ3n) is 2.82. The summed E-state index contributed by atoms with van der Waals surface area (Å²) >= 11 is 0. The number of rotatable bonds is 3. The smallest absolute Gasteiger partial charge is 0.113 e. The molecule has 1 aliphatic rings. The van der Waals surface area contributed by atoms with E-state index < -0.39 is 0 Å². The highest BCUT2D eigenvalue weighted by molar-refractivity contribution is 5.84. The van der Waals surface area contributed by atoms with E-state index in [0.29, 0.717) is 0 Å². The molecule has 0 bridgehead atoms. The maximum absolute atomic E-state index is 7.72. The first-order valence-corrected chi connectivity index (χ1v) is 5.49. The van der Waals surface area contributed by atoms with Gasteiger partial charge in [-0.1, -0.05) is 30.3 Å². The van der Waals surface area contributed by atoms with Crippen LogP contribution in [0.4, 0.5) is 0 Å². The summed E-state index contributed by atoms with van der Waals surface area (Å²) in [7, 11) is 0. The van der Waals surface area contributed by atoms with Gasteiger partial charge >= 0.3 is 0 Å². The normalized spacial score (nSPS) is 19.2. The molecule has 1 saturated heterocycles. The standard InChI is InChI=1S/C12H17N3O/c13-12(14)11(10-4-2-1-3-5-10)15-6-8-16-9-7-15/h1-5,11H,6-9H2,(H3,13,14). The Balaban J connectivity index is 2.20. The zero-order chi connectivity index (χ0) is 11.4. The minimum Gasteiger partial charge on any atom is -0.386 e. The summed E-state index contributed by atoms with van der Waals surface area (Å²) in [6.45, 7) is 3.10. The van der Waals surface area contributed by atoms with Crippen LogP contribution in [0.25, 0.3) is 0 Å². The molecule has 0 aliphatic carbocycles. The summed E-state index contributed by atoms with van der Waals surface area (Å²) in [5.41, 5.74) is 6.78. The Kier molecular flexibility index (Phi) is 3.54. The average Bonchev–Trinajstić information content (AvgIpc) is 2.31. The van der Waals surface area contributed by atoms with Crippen molar-refractivity contribution in [2.75, 3.05) is 26.3 Å². The SMILES string of the molecule is N=C(N)C(c1ccccc1)N1CCOCC1. The molecule has 4 heteroatoms. The van der Waals surface area contributed by atoms with Crippen molar-refractivity contribution in [3.8, 4) is 0 Å². The highest BCUT2D eigenvalue weighted by Crippen LogP contribution is 2.21. The molecule has 2 rings (SSSR count). The molecule has 0 amide bonds. The molecule has 0 spiro atoms. The van der Waals surface area contributed by atoms with E-state index in [2.05, 4.69) is 4.90 Å². The van der Waals surface area contributed by atoms with Gasteiger partial charge in [0.15, 0.2) is 0 Å². The van der Waals surface area contributed by atoms with Crippen molar-refractivity contribution in [2.24, 2.45) is 5.73 Å². The van der Waals surface area contributed by atoms with Crippen LogP contribution in [0.2, 0.25) is 0 Å². The molecule has 1 unspecified atom stereocenters. The minimum atomic E-state index is -0.106. The van der Waals surface area contributed by atoms with Crippen LogP contribution in [-0.4, -0.2) is 37.0 Å². The molecular weight excluding hydrogens is 202 g/mol. The molecule has 1 atom stereocenters. The molecule has 0 saturated carbocycles. The number of morpholine rings is 1. The number of nitrogens with zero attached hydrogens (tertiary/aromatic N) is 1. The molecule has 1 fully saturated rings. The third kappa shape index (κ3) is 2.40. The highest BCUT2D eigenvalue weighted by atomic mass is 16.5. The van der Waals surface area contributed by atoms with Crippen LogP contribution in [0.5, 0.6) is 0 Å². The summed E-state index contributed by atoms with van der Waals surface area (Å²) in [4.78, 5) is 2.20. The molecule has 86 valence electrons. The lowest BCUT2D eigenvalue weighted by molar-refractivity contribution is 0.0284. The molecule has 1 aromatic carbocycles. The number of hydrogen-bond donors (Lipinski definition) is 2. The van der Waals surface area contributed by atoms with Gasteiger partial charge in [-0.15, -0.1) is 0 Å². The second-order valence-corrected chi connectivity index (χ2v) is 3.92. The van der Waals surface area contributed by atoms with Crippen molar-refractivity contribution in [1.82, 2.24) is 4.90 Å². The van der Waals surface area contributed by atoms with E-state index in [9.17, 15) is 0 Å². The van der Waals surface area contributed by atoms with Crippen LogP contribution in [0.15, 0.2) is 30.3 Å². The molecule has 16 heavy (non-hydrogen) atoms. The number of hydrogen-bond acceptors (Lipinski definition) is 3. The van der Waals surface area contributed by atoms with Crippen molar-refractivity contribution in [1.29, 1.82) is 5.41 Å². The summed E-state index contributed by atoms with van der Waals surface area (Å²) in [6.07, 6.45) is 0. The lowest BCUT2D eigenvalue weighted by Crippen LogP contribution is -2.44. The molecule has 0 aromatic heterocycles. The predicted molar refractivity (Wildman–Crippen MR) is 63.5 cm³/mol. The van der Waals surface area contributed by atoms with Gasteiger partial charge in [0, 0.05) is 13.1 Å². The molecule has 3 N–H and O–H groups in total. The fourth-order valence-corrected chi connectivity index (χ4v) is 2.06. The van der Waals surface area contributed by atoms with E-state index in [1.165, 1.54) is 0 Å². The van der Waals surface area contributed by atoms with Gasteiger partial charge in [-0.2, -0.15) is 0 Å². The van der Waals surface area contributed by atoms with Crippen LogP contribution in [0.1, 0.15) is 11.6 Å². The van der Waals surface area contributed by atoms with Gasteiger partial charge in [-0.3, -0.25) is 10.3 Å². The Morgan fingerprint density at radius 2 is 1.88 bits per heavy atom. The number of ether oxygens (including phenoxy) is 1. The first-order chi connectivity index (χ1) is 7.79. The quantitative estimate of drug-likeness (QED) is 0.589. The Morgan fingerprint density at radius 3 is 2.44 bits per heavy atom. The van der Waals surface area contributed by atoms with E-state index >= 15 is 0 Å². The third-order valence-corrected chi connectivity index (χ3v) is 2.82. The fourth-order valence-electron chi connectivity index (χ4n) is 2.06. The fraction of sp³-hybridized carbons (Fsp3) is 0.417. The van der Waals surface area contributed by atoms with Crippen molar-refractivity contribution in [3.05, 3.63) is 35.9 Å². The maximum Gasteiger partial charge on any atom is 0.113 e. The van der Waals surface area contributed by atoms with Gasteiger partial charge < -0.3 is 10.5 Å². The van der Waals surface area contributed by atoms with Crippen LogP contribution in [0.3, 0.4) is 0 Å². The highest BCUT2D eigenvalue weighted by Gasteiger charge is 2.24. The summed E-state index contributed by atoms with van der Waals surface area (Å²) < 4.78 is 5.31. The number of nitrogens with two attached hydrogens (primary N) is 1. The van der Waals surface area contributed by atoms with Gasteiger partial charge in [0.2, 0.25) is 0 Å². The second kappa shape index (κ2) is 5.09. The molecule has 1 aliphatic heterocycles. The molecule has 0 radical (unpaired) electrons. The van der Waals surface area contributed by atoms with E-state index in [1.54, 1.807) is 0 Å². The summed E-state index contributed by atoms with van der Waals surface area (Å²) in [5, 5.41) is 7.72. The largest absolute Gasteiger partial charge is 0.386 e. The Labute approximate surface area is 95.5 Å². The topological polar surface area (TPSA) is 62.3 Å². The van der Waals surface area contributed by atoms with Crippen molar-refractivity contribution in [2.45, 2.75) is 6.04 Å². The monoisotopic (exact) mass is 219 g/mol. The zero-order valence-corrected chi connectivity index (χ0v) is 9.23. The second-order valence-electron chi connectivity index (χ2n) is 3.92. The zero-order valence-electron chi connectivity index (χ0n) is 9.23. The molecular formula is C12H17N3O. The van der Waals surface area contributed by atoms with E-state index in [1.807, 2.05) is 30.3 Å². The Bertz CT molecular complexity index is 347. The van der Waals surface area contributed by atoms with E-state index in [0.717, 1.165) is 31.9 Å². The lowest BCUT2D eigenvalue weighted by Gasteiger charge is -2.33. The van der Waals surface area contributed by atoms with Crippen molar-refractivity contribution < 1.29 is 4.74 Å². The van der Waals surface area contributed by atoms with Gasteiger partial charge in [-0.05, 0) is 5.56 Å². The van der Waals surface area contributed by atoms with Gasteiger partial charge in [0.25, 0.3) is 0 Å². The first-order valence-electron chi connectivity index (χ1n) is 5.49. The summed E-state index contributed by atoms with van der Waals surface area (Å²) in [6, 6.07) is 9.85. The van der Waals surface area contributed by atoms with Crippen molar-refractivity contribution in [3.63, 3.8) is 0 Å². The van der Waals surface area contributed by atoms with Gasteiger partial charge in [0.05, 0.1) is 19.3 Å². The molecule has 1 heterocycles. The van der Waals surface area contributed by atoms with Gasteiger partial charge in [0.1, 0.15) is 5.84 Å². The average molecular weight is 219 g/mol. The van der Waals surface area contributed by atoms with E-state index in [4.69, 9.17) is 15.9 Å². The molecule has 4 nitrogen and oxygen atoms in total. The van der Waals surface area contributed by atoms with E-state index in [-0.39, 0.29) is 11.9 Å². The minimum absolute atomic E-state index is 0.106. The Hall–Kier alpha value is -1.39. The Morgan fingerprint density at radius 1 is 1.25 bits per heavy atom. The molecule has 1 aromatic rings. The predicted octanol–water partition coefficient (Wildman–Crippen LogP) is 0.996. The van der Waals surface area contributed by atoms with Crippen molar-refractivity contribution >= 4 is 5.84 Å². The lowest BCUT2D eigenvalue weighted by atomic mass is 10.0. The van der Waals surface area contributed by atoms with Crippen LogP contribution in [0, 0.1) is 5.41 Å². The van der Waals surface area contributed by atoms with Gasteiger partial charge in [-0.25, -0.2) is 0 Å². The number of benzene rings is 1. The number of nitrogens with one attached hydrogen (secondary N) is 1. The summed E-state index contributed by atoms with van der Waals surface area (Å²) in [5.74, 6) is 0.202. The number of amidine groups is 1. The van der Waals surface area contributed by atoms with Crippen LogP contribution < -0.4 is 5.73 Å².